The van der Waals surface area contributed by atoms with Crippen LogP contribution in [0.15, 0.2) is 46.3 Å². The van der Waals surface area contributed by atoms with Gasteiger partial charge in [-0.05, 0) is 118 Å². The van der Waals surface area contributed by atoms with Gasteiger partial charge in [0.2, 0.25) is 0 Å². The van der Waals surface area contributed by atoms with Gasteiger partial charge in [0.1, 0.15) is 5.75 Å². The fourth-order valence-electron chi connectivity index (χ4n) is 4.93. The molecule has 2 aliphatic rings. The van der Waals surface area contributed by atoms with Crippen molar-refractivity contribution in [3.8, 4) is 5.75 Å². The molecule has 0 radical (unpaired) electrons. The maximum absolute atomic E-state index is 12.7. The van der Waals surface area contributed by atoms with Crippen LogP contribution < -0.4 is 15.0 Å². The van der Waals surface area contributed by atoms with Crippen LogP contribution >= 0.6 is 11.8 Å². The van der Waals surface area contributed by atoms with E-state index in [1.165, 1.54) is 28.6 Å². The third-order valence-electron chi connectivity index (χ3n) is 6.41. The summed E-state index contributed by atoms with van der Waals surface area (Å²) in [4.78, 5) is 20.4. The smallest absolute Gasteiger partial charge is 0.264 e. The van der Waals surface area contributed by atoms with Crippen molar-refractivity contribution in [3.63, 3.8) is 0 Å². The molecule has 174 valence electrons. The lowest BCUT2D eigenvalue weighted by molar-refractivity contribution is -0.115. The summed E-state index contributed by atoms with van der Waals surface area (Å²) in [6, 6.07) is 12.1. The molecule has 1 N–H and O–H groups in total. The van der Waals surface area contributed by atoms with Gasteiger partial charge < -0.3 is 15.0 Å². The normalized spacial score (nSPS) is 21.9. The van der Waals surface area contributed by atoms with E-state index in [4.69, 9.17) is 4.74 Å². The van der Waals surface area contributed by atoms with Gasteiger partial charge in [-0.1, -0.05) is 6.92 Å². The molecule has 0 aromatic heterocycles. The van der Waals surface area contributed by atoms with E-state index in [9.17, 15) is 4.79 Å². The average molecular weight is 464 g/mol. The number of ether oxygens (including phenoxy) is 1. The van der Waals surface area contributed by atoms with Gasteiger partial charge >= 0.3 is 0 Å². The number of carbonyl (C=O) groups excluding carboxylic acids is 1. The van der Waals surface area contributed by atoms with Crippen molar-refractivity contribution in [2.75, 3.05) is 18.1 Å². The number of fused-ring (bicyclic) bond motifs is 1. The zero-order valence-corrected chi connectivity index (χ0v) is 21.2. The summed E-state index contributed by atoms with van der Waals surface area (Å²) in [6.07, 6.45) is 3.11. The Bertz CT molecular complexity index is 1120. The number of benzene rings is 2. The van der Waals surface area contributed by atoms with E-state index in [-0.39, 0.29) is 11.4 Å². The number of rotatable bonds is 5. The van der Waals surface area contributed by atoms with Crippen LogP contribution in [0.5, 0.6) is 5.75 Å². The Morgan fingerprint density at radius 1 is 1.24 bits per heavy atom. The molecule has 5 nitrogen and oxygen atoms in total. The zero-order chi connectivity index (χ0) is 23.8. The molecule has 2 aromatic rings. The Hall–Kier alpha value is -2.73. The van der Waals surface area contributed by atoms with E-state index in [2.05, 4.69) is 62.0 Å². The molecule has 0 spiro atoms. The number of thioether (sulfide) groups is 1. The molecule has 1 amide bonds. The van der Waals surface area contributed by atoms with E-state index in [0.29, 0.717) is 22.6 Å². The SMILES string of the molecule is CCOc1ccc(N=C2NC(=O)/C(=C/c3cc4c(cc3C)N(CC)C(C)(C)C[C@H]4C)S2)cc1. The molecule has 0 aliphatic carbocycles. The second-order valence-corrected chi connectivity index (χ2v) is 10.4. The van der Waals surface area contributed by atoms with Crippen molar-refractivity contribution in [2.24, 2.45) is 4.99 Å². The van der Waals surface area contributed by atoms with E-state index >= 15 is 0 Å². The maximum atomic E-state index is 12.7. The van der Waals surface area contributed by atoms with E-state index < -0.39 is 0 Å². The number of carbonyl (C=O) groups is 1. The highest BCUT2D eigenvalue weighted by Gasteiger charge is 2.36. The summed E-state index contributed by atoms with van der Waals surface area (Å²) in [5, 5.41) is 3.49. The number of aliphatic imine (C=N–C) groups is 1. The fourth-order valence-corrected chi connectivity index (χ4v) is 5.76. The Kier molecular flexibility index (Phi) is 6.57. The monoisotopic (exact) mass is 463 g/mol. The highest BCUT2D eigenvalue weighted by atomic mass is 32.2. The molecule has 1 fully saturated rings. The quantitative estimate of drug-likeness (QED) is 0.522. The number of nitrogens with zero attached hydrogens (tertiary/aromatic N) is 2. The lowest BCUT2D eigenvalue weighted by Crippen LogP contribution is -2.48. The molecule has 6 heteroatoms. The summed E-state index contributed by atoms with van der Waals surface area (Å²) in [5.41, 5.74) is 5.87. The van der Waals surface area contributed by atoms with Crippen molar-refractivity contribution < 1.29 is 9.53 Å². The highest BCUT2D eigenvalue weighted by Crippen LogP contribution is 2.44. The molecule has 0 bridgehead atoms. The summed E-state index contributed by atoms with van der Waals surface area (Å²) in [6.45, 7) is 14.9. The number of amides is 1. The van der Waals surface area contributed by atoms with Gasteiger partial charge in [-0.15, -0.1) is 0 Å². The number of aryl methyl sites for hydroxylation is 1. The van der Waals surface area contributed by atoms with Gasteiger partial charge in [0.05, 0.1) is 17.2 Å². The van der Waals surface area contributed by atoms with Crippen molar-refractivity contribution >= 4 is 40.3 Å². The standard InChI is InChI=1S/C27H33N3O2S/c1-7-30-23-13-17(3)19(14-22(23)18(4)16-27(30,5)6)15-24-25(31)29-26(33-24)28-20-9-11-21(12-10-20)32-8-2/h9-15,18H,7-8,16H2,1-6H3,(H,28,29,31)/b24-15-/t18-/m1/s1. The minimum absolute atomic E-state index is 0.105. The van der Waals surface area contributed by atoms with Gasteiger partial charge in [-0.25, -0.2) is 4.99 Å². The Morgan fingerprint density at radius 3 is 2.64 bits per heavy atom. The van der Waals surface area contributed by atoms with Crippen molar-refractivity contribution in [1.82, 2.24) is 5.32 Å². The summed E-state index contributed by atoms with van der Waals surface area (Å²) >= 11 is 1.38. The number of hydrogen-bond donors (Lipinski definition) is 1. The number of hydrogen-bond acceptors (Lipinski definition) is 5. The minimum Gasteiger partial charge on any atom is -0.494 e. The Morgan fingerprint density at radius 2 is 1.97 bits per heavy atom. The van der Waals surface area contributed by atoms with Crippen LogP contribution in [0.2, 0.25) is 0 Å². The highest BCUT2D eigenvalue weighted by molar-refractivity contribution is 8.18. The van der Waals surface area contributed by atoms with Crippen LogP contribution in [0.1, 0.15) is 63.6 Å². The molecule has 0 unspecified atom stereocenters. The third-order valence-corrected chi connectivity index (χ3v) is 7.32. The van der Waals surface area contributed by atoms with Gasteiger partial charge in [-0.3, -0.25) is 4.79 Å². The summed E-state index contributed by atoms with van der Waals surface area (Å²) < 4.78 is 5.48. The van der Waals surface area contributed by atoms with Gasteiger partial charge in [0, 0.05) is 17.8 Å². The molecule has 4 rings (SSSR count). The Labute approximate surface area is 201 Å². The maximum Gasteiger partial charge on any atom is 0.264 e. The van der Waals surface area contributed by atoms with E-state index in [1.54, 1.807) is 0 Å². The molecule has 2 aromatic carbocycles. The minimum atomic E-state index is -0.105. The topological polar surface area (TPSA) is 53.9 Å². The van der Waals surface area contributed by atoms with E-state index in [1.807, 2.05) is 37.3 Å². The first kappa shape index (κ1) is 23.4. The summed E-state index contributed by atoms with van der Waals surface area (Å²) in [5.74, 6) is 1.18. The zero-order valence-electron chi connectivity index (χ0n) is 20.4. The lowest BCUT2D eigenvalue weighted by Gasteiger charge is -2.47. The molecular weight excluding hydrogens is 430 g/mol. The lowest BCUT2D eigenvalue weighted by atomic mass is 9.79. The number of amidine groups is 1. The van der Waals surface area contributed by atoms with Crippen molar-refractivity contribution in [1.29, 1.82) is 0 Å². The molecular formula is C27H33N3O2S. The number of nitrogens with one attached hydrogen (secondary N) is 1. The molecule has 1 atom stereocenters. The largest absolute Gasteiger partial charge is 0.494 e. The van der Waals surface area contributed by atoms with Crippen LogP contribution in [0.4, 0.5) is 11.4 Å². The van der Waals surface area contributed by atoms with Crippen molar-refractivity contribution in [3.05, 3.63) is 58.0 Å². The molecule has 2 heterocycles. The second-order valence-electron chi connectivity index (χ2n) is 9.34. The first-order chi connectivity index (χ1) is 15.7. The van der Waals surface area contributed by atoms with Crippen LogP contribution in [0, 0.1) is 6.92 Å². The first-order valence-corrected chi connectivity index (χ1v) is 12.5. The van der Waals surface area contributed by atoms with Crippen LogP contribution in [-0.4, -0.2) is 29.8 Å². The van der Waals surface area contributed by atoms with E-state index in [0.717, 1.165) is 30.0 Å². The second kappa shape index (κ2) is 9.26. The predicted molar refractivity (Wildman–Crippen MR) is 140 cm³/mol. The molecule has 2 aliphatic heterocycles. The van der Waals surface area contributed by atoms with Gasteiger partial charge in [0.25, 0.3) is 5.91 Å². The first-order valence-electron chi connectivity index (χ1n) is 11.7. The summed E-state index contributed by atoms with van der Waals surface area (Å²) in [7, 11) is 0. The van der Waals surface area contributed by atoms with Gasteiger partial charge in [-0.2, -0.15) is 0 Å². The predicted octanol–water partition coefficient (Wildman–Crippen LogP) is 6.40. The molecule has 1 saturated heterocycles. The van der Waals surface area contributed by atoms with Crippen LogP contribution in [-0.2, 0) is 4.79 Å². The molecule has 0 saturated carbocycles. The number of anilines is 1. The van der Waals surface area contributed by atoms with Crippen LogP contribution in [0.3, 0.4) is 0 Å². The third kappa shape index (κ3) is 4.81. The Balaban J connectivity index is 1.60. The van der Waals surface area contributed by atoms with Gasteiger partial charge in [0.15, 0.2) is 5.17 Å². The average Bonchev–Trinajstić information content (AvgIpc) is 3.09. The van der Waals surface area contributed by atoms with Crippen molar-refractivity contribution in [2.45, 2.75) is 59.4 Å². The molecule has 33 heavy (non-hydrogen) atoms. The fraction of sp³-hybridized carbons (Fsp3) is 0.407. The van der Waals surface area contributed by atoms with Crippen LogP contribution in [0.25, 0.3) is 6.08 Å².